The van der Waals surface area contributed by atoms with Gasteiger partial charge in [0.25, 0.3) is 0 Å². The van der Waals surface area contributed by atoms with Gasteiger partial charge in [0.05, 0.1) is 5.33 Å². The summed E-state index contributed by atoms with van der Waals surface area (Å²) < 4.78 is 0. The van der Waals surface area contributed by atoms with E-state index < -0.39 is 5.91 Å². The van der Waals surface area contributed by atoms with Crippen LogP contribution >= 0.6 is 15.9 Å². The van der Waals surface area contributed by atoms with E-state index in [4.69, 9.17) is 5.73 Å². The van der Waals surface area contributed by atoms with Crippen molar-refractivity contribution in [1.29, 1.82) is 0 Å². The Bertz CT molecular complexity index is 144. The molecule has 1 amide bonds. The van der Waals surface area contributed by atoms with Crippen LogP contribution in [0, 0.1) is 5.21 Å². The Kier molecular flexibility index (Phi) is 8.38. The molecule has 0 fully saturated rings. The highest BCUT2D eigenvalue weighted by Gasteiger charge is 1.99. The van der Waals surface area contributed by atoms with E-state index in [2.05, 4.69) is 15.9 Å². The highest BCUT2D eigenvalue weighted by Crippen LogP contribution is 2.01. The molecule has 78 valence electrons. The number of nitrogens with two attached hydrogens (primary N) is 1. The largest absolute Gasteiger partial charge is 0.756 e. The van der Waals surface area contributed by atoms with E-state index in [1.807, 2.05) is 0 Å². The van der Waals surface area contributed by atoms with E-state index in [0.717, 1.165) is 25.7 Å². The Hall–Kier alpha value is -0.130. The number of hydroxylamine groups is 2. The summed E-state index contributed by atoms with van der Waals surface area (Å²) in [5, 5.41) is 11.5. The van der Waals surface area contributed by atoms with Crippen LogP contribution in [0.15, 0.2) is 0 Å². The molecule has 0 atom stereocenters. The Balaban J connectivity index is 3.26. The van der Waals surface area contributed by atoms with Crippen molar-refractivity contribution in [2.24, 2.45) is 5.73 Å². The summed E-state index contributed by atoms with van der Waals surface area (Å²) in [5.41, 5.74) is 5.31. The summed E-state index contributed by atoms with van der Waals surface area (Å²) in [4.78, 5) is 10.8. The Morgan fingerprint density at radius 3 is 2.46 bits per heavy atom. The summed E-state index contributed by atoms with van der Waals surface area (Å²) in [6, 6.07) is 0. The van der Waals surface area contributed by atoms with Crippen molar-refractivity contribution in [2.75, 3.05) is 18.4 Å². The van der Waals surface area contributed by atoms with Gasteiger partial charge in [-0.05, 0) is 19.4 Å². The molecule has 4 nitrogen and oxygen atoms in total. The lowest BCUT2D eigenvalue weighted by atomic mass is 10.2. The molecule has 0 aliphatic carbocycles. The maximum atomic E-state index is 10.9. The van der Waals surface area contributed by atoms with Gasteiger partial charge in [-0.1, -0.05) is 28.8 Å². The maximum absolute atomic E-state index is 10.9. The summed E-state index contributed by atoms with van der Waals surface area (Å²) in [6.45, 7) is 0.996. The second-order valence-electron chi connectivity index (χ2n) is 2.83. The first-order chi connectivity index (χ1) is 6.22. The van der Waals surface area contributed by atoms with Crippen LogP contribution in [0.4, 0.5) is 0 Å². The van der Waals surface area contributed by atoms with Crippen LogP contribution in [0.2, 0.25) is 0 Å². The molecule has 0 aromatic rings. The van der Waals surface area contributed by atoms with E-state index in [1.54, 1.807) is 0 Å². The number of rotatable bonds is 7. The number of amides is 1. The maximum Gasteiger partial charge on any atom is 0.222 e. The normalized spacial score (nSPS) is 10.1. The van der Waals surface area contributed by atoms with Crippen molar-refractivity contribution < 1.29 is 4.79 Å². The topological polar surface area (TPSA) is 69.4 Å². The SMILES string of the molecule is NCCCCCCN([O-])C(=O)CBr. The van der Waals surface area contributed by atoms with E-state index in [0.29, 0.717) is 18.2 Å². The predicted octanol–water partition coefficient (Wildman–Crippen LogP) is 1.23. The van der Waals surface area contributed by atoms with Crippen LogP contribution in [-0.4, -0.2) is 29.4 Å². The molecule has 0 unspecified atom stereocenters. The first-order valence-corrected chi connectivity index (χ1v) is 5.58. The smallest absolute Gasteiger partial charge is 0.222 e. The molecule has 0 aliphatic rings. The lowest BCUT2D eigenvalue weighted by Crippen LogP contribution is -2.26. The molecule has 0 rings (SSSR count). The van der Waals surface area contributed by atoms with Crippen LogP contribution in [0.5, 0.6) is 0 Å². The summed E-state index contributed by atoms with van der Waals surface area (Å²) in [6.07, 6.45) is 3.76. The van der Waals surface area contributed by atoms with E-state index in [-0.39, 0.29) is 5.33 Å². The fraction of sp³-hybridized carbons (Fsp3) is 0.875. The van der Waals surface area contributed by atoms with Crippen molar-refractivity contribution in [3.63, 3.8) is 0 Å². The highest BCUT2D eigenvalue weighted by molar-refractivity contribution is 9.09. The Morgan fingerprint density at radius 1 is 1.31 bits per heavy atom. The summed E-state index contributed by atoms with van der Waals surface area (Å²) in [5.74, 6) is -0.404. The fourth-order valence-electron chi connectivity index (χ4n) is 0.945. The lowest BCUT2D eigenvalue weighted by molar-refractivity contribution is -0.125. The monoisotopic (exact) mass is 251 g/mol. The summed E-state index contributed by atoms with van der Waals surface area (Å²) in [7, 11) is 0. The molecule has 0 heterocycles. The number of alkyl halides is 1. The third-order valence-electron chi connectivity index (χ3n) is 1.71. The van der Waals surface area contributed by atoms with Gasteiger partial charge < -0.3 is 16.0 Å². The molecule has 13 heavy (non-hydrogen) atoms. The average molecular weight is 252 g/mol. The molecular formula is C8H16BrN2O2-. The number of carbonyl (C=O) groups is 1. The number of halogens is 1. The van der Waals surface area contributed by atoms with Crippen molar-refractivity contribution in [3.05, 3.63) is 5.21 Å². The van der Waals surface area contributed by atoms with Gasteiger partial charge >= 0.3 is 0 Å². The van der Waals surface area contributed by atoms with Crippen molar-refractivity contribution >= 4 is 21.8 Å². The molecule has 0 aliphatic heterocycles. The van der Waals surface area contributed by atoms with E-state index in [1.165, 1.54) is 0 Å². The third-order valence-corrected chi connectivity index (χ3v) is 2.19. The first kappa shape index (κ1) is 12.9. The van der Waals surface area contributed by atoms with Crippen molar-refractivity contribution in [3.8, 4) is 0 Å². The van der Waals surface area contributed by atoms with Gasteiger partial charge in [0.15, 0.2) is 0 Å². The van der Waals surface area contributed by atoms with Crippen LogP contribution in [0.3, 0.4) is 0 Å². The van der Waals surface area contributed by atoms with Gasteiger partial charge in [-0.25, -0.2) is 0 Å². The van der Waals surface area contributed by atoms with Gasteiger partial charge in [-0.3, -0.25) is 4.79 Å². The number of unbranched alkanes of at least 4 members (excludes halogenated alkanes) is 3. The van der Waals surface area contributed by atoms with Crippen molar-refractivity contribution in [1.82, 2.24) is 5.06 Å². The molecule has 0 bridgehead atoms. The number of carbonyl (C=O) groups excluding carboxylic acids is 1. The lowest BCUT2D eigenvalue weighted by Gasteiger charge is -2.27. The third kappa shape index (κ3) is 6.98. The Morgan fingerprint density at radius 2 is 1.92 bits per heavy atom. The van der Waals surface area contributed by atoms with Crippen LogP contribution < -0.4 is 5.73 Å². The van der Waals surface area contributed by atoms with Gasteiger partial charge in [-0.15, -0.1) is 0 Å². The number of hydrogen-bond donors (Lipinski definition) is 1. The second kappa shape index (κ2) is 8.47. The van der Waals surface area contributed by atoms with Crippen LogP contribution in [-0.2, 0) is 4.79 Å². The molecule has 0 spiro atoms. The number of hydrogen-bond acceptors (Lipinski definition) is 3. The Labute approximate surface area is 87.2 Å². The molecule has 0 aromatic heterocycles. The van der Waals surface area contributed by atoms with Crippen LogP contribution in [0.25, 0.3) is 0 Å². The average Bonchev–Trinajstić information content (AvgIpc) is 2.16. The minimum atomic E-state index is -0.404. The minimum absolute atomic E-state index is 0.110. The summed E-state index contributed by atoms with van der Waals surface area (Å²) >= 11 is 2.94. The minimum Gasteiger partial charge on any atom is -0.756 e. The van der Waals surface area contributed by atoms with Crippen molar-refractivity contribution in [2.45, 2.75) is 25.7 Å². The van der Waals surface area contributed by atoms with Gasteiger partial charge in [0.1, 0.15) is 0 Å². The first-order valence-electron chi connectivity index (χ1n) is 4.46. The van der Waals surface area contributed by atoms with E-state index >= 15 is 0 Å². The standard InChI is InChI=1S/C8H16BrN2O2/c9-7-8(12)11(13)6-4-2-1-3-5-10/h1-7,10H2/q-1. The van der Waals surface area contributed by atoms with Gasteiger partial charge in [-0.2, -0.15) is 0 Å². The molecule has 2 N–H and O–H groups in total. The molecule has 0 saturated carbocycles. The molecule has 0 aromatic carbocycles. The second-order valence-corrected chi connectivity index (χ2v) is 3.39. The highest BCUT2D eigenvalue weighted by atomic mass is 79.9. The molecule has 0 saturated heterocycles. The van der Waals surface area contributed by atoms with Gasteiger partial charge in [0, 0.05) is 6.54 Å². The van der Waals surface area contributed by atoms with E-state index in [9.17, 15) is 10.0 Å². The predicted molar refractivity (Wildman–Crippen MR) is 56.4 cm³/mol. The fourth-order valence-corrected chi connectivity index (χ4v) is 1.22. The van der Waals surface area contributed by atoms with Crippen LogP contribution in [0.1, 0.15) is 25.7 Å². The van der Waals surface area contributed by atoms with Gasteiger partial charge in [0.2, 0.25) is 5.91 Å². The molecular weight excluding hydrogens is 236 g/mol. The zero-order chi connectivity index (χ0) is 10.1. The quantitative estimate of drug-likeness (QED) is 0.421. The number of nitrogens with zero attached hydrogens (tertiary/aromatic N) is 1. The molecule has 0 radical (unpaired) electrons. The zero-order valence-electron chi connectivity index (χ0n) is 7.67. The zero-order valence-corrected chi connectivity index (χ0v) is 9.25. The molecule has 5 heteroatoms.